The highest BCUT2D eigenvalue weighted by atomic mass is 15.1. The lowest BCUT2D eigenvalue weighted by atomic mass is 9.87. The second-order valence-electron chi connectivity index (χ2n) is 7.86. The summed E-state index contributed by atoms with van der Waals surface area (Å²) in [6.07, 6.45) is 3.55. The molecule has 5 heteroatoms. The van der Waals surface area contributed by atoms with Crippen molar-refractivity contribution >= 4 is 17.0 Å². The first-order valence-electron chi connectivity index (χ1n) is 9.01. The lowest BCUT2D eigenvalue weighted by Gasteiger charge is -2.19. The minimum Gasteiger partial charge on any atom is -0.383 e. The van der Waals surface area contributed by atoms with E-state index in [0.29, 0.717) is 5.82 Å². The Morgan fingerprint density at radius 3 is 2.41 bits per heavy atom. The van der Waals surface area contributed by atoms with Crippen molar-refractivity contribution in [3.05, 3.63) is 66.0 Å². The van der Waals surface area contributed by atoms with Gasteiger partial charge in [0, 0.05) is 18.1 Å². The van der Waals surface area contributed by atoms with Gasteiger partial charge < -0.3 is 5.73 Å². The zero-order chi connectivity index (χ0) is 19.2. The van der Waals surface area contributed by atoms with Gasteiger partial charge >= 0.3 is 0 Å². The first-order chi connectivity index (χ1) is 12.8. The maximum absolute atomic E-state index is 6.15. The predicted molar refractivity (Wildman–Crippen MR) is 110 cm³/mol. The van der Waals surface area contributed by atoms with Crippen molar-refractivity contribution in [2.75, 3.05) is 5.73 Å². The monoisotopic (exact) mass is 357 g/mol. The fraction of sp³-hybridized carbons (Fsp3) is 0.227. The highest BCUT2D eigenvalue weighted by molar-refractivity contribution is 5.83. The predicted octanol–water partition coefficient (Wildman–Crippen LogP) is 4.67. The number of fused-ring (bicyclic) bond motifs is 1. The van der Waals surface area contributed by atoms with E-state index in [1.54, 1.807) is 6.20 Å². The second-order valence-corrected chi connectivity index (χ2v) is 7.86. The number of hydrogen-bond acceptors (Lipinski definition) is 4. The van der Waals surface area contributed by atoms with Crippen LogP contribution in [0.15, 0.2) is 54.9 Å². The number of benzene rings is 1. The zero-order valence-corrected chi connectivity index (χ0v) is 16.1. The molecule has 4 rings (SSSR count). The topological polar surface area (TPSA) is 69.6 Å². The molecule has 0 saturated heterocycles. The van der Waals surface area contributed by atoms with Crippen LogP contribution >= 0.6 is 0 Å². The summed E-state index contributed by atoms with van der Waals surface area (Å²) in [5.41, 5.74) is 12.0. The van der Waals surface area contributed by atoms with Crippen LogP contribution in [0.4, 0.5) is 5.82 Å². The van der Waals surface area contributed by atoms with Crippen LogP contribution < -0.4 is 5.73 Å². The van der Waals surface area contributed by atoms with Gasteiger partial charge in [0.1, 0.15) is 11.3 Å². The Labute approximate surface area is 158 Å². The van der Waals surface area contributed by atoms with Gasteiger partial charge in [-0.25, -0.2) is 15.0 Å². The molecule has 2 N–H and O–H groups in total. The van der Waals surface area contributed by atoms with Gasteiger partial charge in [0.15, 0.2) is 11.5 Å². The molecule has 0 bridgehead atoms. The molecule has 136 valence electrons. The summed E-state index contributed by atoms with van der Waals surface area (Å²) in [6.45, 7) is 8.64. The third-order valence-corrected chi connectivity index (χ3v) is 4.70. The summed E-state index contributed by atoms with van der Waals surface area (Å²) in [7, 11) is 0. The van der Waals surface area contributed by atoms with E-state index in [4.69, 9.17) is 10.7 Å². The van der Waals surface area contributed by atoms with Gasteiger partial charge in [-0.1, -0.05) is 32.9 Å². The summed E-state index contributed by atoms with van der Waals surface area (Å²) in [6, 6.07) is 14.4. The number of rotatable bonds is 2. The maximum Gasteiger partial charge on any atom is 0.164 e. The van der Waals surface area contributed by atoms with Gasteiger partial charge in [-0.15, -0.1) is 0 Å². The van der Waals surface area contributed by atoms with Crippen molar-refractivity contribution in [1.82, 2.24) is 19.5 Å². The van der Waals surface area contributed by atoms with E-state index in [1.165, 1.54) is 5.56 Å². The molecule has 0 saturated carbocycles. The number of aryl methyl sites for hydroxylation is 1. The number of imidazole rings is 1. The molecule has 27 heavy (non-hydrogen) atoms. The molecule has 0 unspecified atom stereocenters. The van der Waals surface area contributed by atoms with Crippen molar-refractivity contribution in [3.63, 3.8) is 0 Å². The van der Waals surface area contributed by atoms with Gasteiger partial charge in [0.25, 0.3) is 0 Å². The normalized spacial score (nSPS) is 11.9. The quantitative estimate of drug-likeness (QED) is 0.566. The van der Waals surface area contributed by atoms with E-state index in [-0.39, 0.29) is 5.41 Å². The Bertz CT molecular complexity index is 1120. The van der Waals surface area contributed by atoms with E-state index in [2.05, 4.69) is 59.6 Å². The standard InChI is InChI=1S/C22H23N5/c1-14-12-18-21(25-13-14)27(16-9-7-15(8-10-16)22(2,3)4)20(26-18)17-6-5-11-24-19(17)23/h5-13H,1-4H3,(H2,23,24). The van der Waals surface area contributed by atoms with E-state index < -0.39 is 0 Å². The lowest BCUT2D eigenvalue weighted by molar-refractivity contribution is 0.590. The summed E-state index contributed by atoms with van der Waals surface area (Å²) >= 11 is 0. The average Bonchev–Trinajstić information content (AvgIpc) is 2.99. The van der Waals surface area contributed by atoms with Gasteiger partial charge in [-0.3, -0.25) is 4.57 Å². The minimum absolute atomic E-state index is 0.0987. The second kappa shape index (κ2) is 6.20. The number of nitrogens with two attached hydrogens (primary N) is 1. The smallest absolute Gasteiger partial charge is 0.164 e. The van der Waals surface area contributed by atoms with E-state index in [1.807, 2.05) is 31.3 Å². The van der Waals surface area contributed by atoms with Crippen molar-refractivity contribution in [3.8, 4) is 17.1 Å². The van der Waals surface area contributed by atoms with Crippen LogP contribution in [-0.4, -0.2) is 19.5 Å². The largest absolute Gasteiger partial charge is 0.383 e. The molecule has 4 aromatic rings. The SMILES string of the molecule is Cc1cnc2c(c1)nc(-c1cccnc1N)n2-c1ccc(C(C)(C)C)cc1. The first kappa shape index (κ1) is 17.2. The summed E-state index contributed by atoms with van der Waals surface area (Å²) in [5, 5.41) is 0. The molecular weight excluding hydrogens is 334 g/mol. The van der Waals surface area contributed by atoms with Crippen LogP contribution in [0.2, 0.25) is 0 Å². The molecule has 0 atom stereocenters. The first-order valence-corrected chi connectivity index (χ1v) is 9.01. The fourth-order valence-electron chi connectivity index (χ4n) is 3.21. The van der Waals surface area contributed by atoms with Crippen LogP contribution in [-0.2, 0) is 5.41 Å². The molecule has 0 fully saturated rings. The van der Waals surface area contributed by atoms with E-state index >= 15 is 0 Å². The van der Waals surface area contributed by atoms with Gasteiger partial charge in [0.05, 0.1) is 5.56 Å². The highest BCUT2D eigenvalue weighted by Gasteiger charge is 2.19. The van der Waals surface area contributed by atoms with Crippen molar-refractivity contribution in [2.24, 2.45) is 0 Å². The van der Waals surface area contributed by atoms with Crippen LogP contribution in [0.3, 0.4) is 0 Å². The average molecular weight is 357 g/mol. The summed E-state index contributed by atoms with van der Waals surface area (Å²) < 4.78 is 2.05. The Hall–Kier alpha value is -3.21. The Balaban J connectivity index is 1.98. The van der Waals surface area contributed by atoms with Crippen LogP contribution in [0, 0.1) is 6.92 Å². The Morgan fingerprint density at radius 1 is 1.00 bits per heavy atom. The zero-order valence-electron chi connectivity index (χ0n) is 16.1. The van der Waals surface area contributed by atoms with E-state index in [9.17, 15) is 0 Å². The molecule has 0 amide bonds. The molecule has 0 aliphatic carbocycles. The number of nitrogens with zero attached hydrogens (tertiary/aromatic N) is 4. The molecule has 0 aliphatic heterocycles. The van der Waals surface area contributed by atoms with Crippen molar-refractivity contribution in [2.45, 2.75) is 33.1 Å². The minimum atomic E-state index is 0.0987. The number of aromatic nitrogens is 4. The number of hydrogen-bond donors (Lipinski definition) is 1. The Morgan fingerprint density at radius 2 is 1.74 bits per heavy atom. The van der Waals surface area contributed by atoms with E-state index in [0.717, 1.165) is 33.8 Å². The molecule has 1 aromatic carbocycles. The maximum atomic E-state index is 6.15. The van der Waals surface area contributed by atoms with Crippen LogP contribution in [0.25, 0.3) is 28.2 Å². The summed E-state index contributed by atoms with van der Waals surface area (Å²) in [4.78, 5) is 13.7. The number of nitrogen functional groups attached to an aromatic ring is 1. The highest BCUT2D eigenvalue weighted by Crippen LogP contribution is 2.31. The van der Waals surface area contributed by atoms with Crippen LogP contribution in [0.1, 0.15) is 31.9 Å². The fourth-order valence-corrected chi connectivity index (χ4v) is 3.21. The third-order valence-electron chi connectivity index (χ3n) is 4.70. The van der Waals surface area contributed by atoms with Gasteiger partial charge in [-0.2, -0.15) is 0 Å². The molecular formula is C22H23N5. The number of pyridine rings is 2. The number of anilines is 1. The Kier molecular flexibility index (Phi) is 3.95. The molecule has 5 nitrogen and oxygen atoms in total. The van der Waals surface area contributed by atoms with Crippen molar-refractivity contribution in [1.29, 1.82) is 0 Å². The molecule has 3 heterocycles. The van der Waals surface area contributed by atoms with Gasteiger partial charge in [-0.05, 0) is 53.8 Å². The molecule has 3 aromatic heterocycles. The molecule has 0 aliphatic rings. The van der Waals surface area contributed by atoms with Gasteiger partial charge in [0.2, 0.25) is 0 Å². The molecule has 0 radical (unpaired) electrons. The lowest BCUT2D eigenvalue weighted by Crippen LogP contribution is -2.11. The third kappa shape index (κ3) is 3.05. The van der Waals surface area contributed by atoms with Crippen LogP contribution in [0.5, 0.6) is 0 Å². The molecule has 0 spiro atoms. The van der Waals surface area contributed by atoms with Crippen molar-refractivity contribution < 1.29 is 0 Å². The summed E-state index contributed by atoms with van der Waals surface area (Å²) in [5.74, 6) is 1.20.